The zero-order valence-electron chi connectivity index (χ0n) is 11.4. The van der Waals surface area contributed by atoms with Crippen molar-refractivity contribution < 1.29 is 13.2 Å². The summed E-state index contributed by atoms with van der Waals surface area (Å²) in [6.45, 7) is 3.24. The Kier molecular flexibility index (Phi) is 4.70. The number of amides is 1. The second-order valence-corrected chi connectivity index (χ2v) is 7.22. The molecule has 0 fully saturated rings. The van der Waals surface area contributed by atoms with Crippen LogP contribution in [0.3, 0.4) is 0 Å². The van der Waals surface area contributed by atoms with Gasteiger partial charge in [0.2, 0.25) is 5.91 Å². The fourth-order valence-corrected chi connectivity index (χ4v) is 2.78. The molecule has 0 aliphatic carbocycles. The molecule has 6 heteroatoms. The molecular weight excluding hydrogens is 264 g/mol. The minimum Gasteiger partial charge on any atom is -0.351 e. The molecule has 0 bridgehead atoms. The Morgan fingerprint density at radius 1 is 1.37 bits per heavy atom. The second-order valence-electron chi connectivity index (χ2n) is 5.04. The monoisotopic (exact) mass is 284 g/mol. The van der Waals surface area contributed by atoms with Crippen LogP contribution < -0.4 is 11.1 Å². The Morgan fingerprint density at radius 3 is 2.37 bits per heavy atom. The number of rotatable bonds is 5. The van der Waals surface area contributed by atoms with E-state index in [1.165, 1.54) is 0 Å². The highest BCUT2D eigenvalue weighted by molar-refractivity contribution is 7.90. The van der Waals surface area contributed by atoms with E-state index >= 15 is 0 Å². The standard InChI is InChI=1S/C13H20N2O3S/c1-10(9-19(3,17)18)15-12(16)13(2,14)11-7-5-4-6-8-11/h4-8,10H,9,14H2,1-3H3,(H,15,16). The van der Waals surface area contributed by atoms with Crippen molar-refractivity contribution in [1.29, 1.82) is 0 Å². The molecule has 0 aromatic heterocycles. The molecule has 0 spiro atoms. The van der Waals surface area contributed by atoms with Crippen LogP contribution in [0.5, 0.6) is 0 Å². The predicted molar refractivity (Wildman–Crippen MR) is 75.3 cm³/mol. The number of sulfone groups is 1. The average Bonchev–Trinajstić information content (AvgIpc) is 2.27. The first-order valence-corrected chi connectivity index (χ1v) is 8.02. The van der Waals surface area contributed by atoms with E-state index in [1.807, 2.05) is 6.07 Å². The lowest BCUT2D eigenvalue weighted by Crippen LogP contribution is -2.52. The topological polar surface area (TPSA) is 89.3 Å². The highest BCUT2D eigenvalue weighted by atomic mass is 32.2. The van der Waals surface area contributed by atoms with Crippen LogP contribution in [-0.2, 0) is 20.2 Å². The Morgan fingerprint density at radius 2 is 1.89 bits per heavy atom. The van der Waals surface area contributed by atoms with Gasteiger partial charge >= 0.3 is 0 Å². The van der Waals surface area contributed by atoms with Gasteiger partial charge < -0.3 is 11.1 Å². The van der Waals surface area contributed by atoms with Crippen LogP contribution in [0.25, 0.3) is 0 Å². The minimum absolute atomic E-state index is 0.108. The Labute approximate surface area is 114 Å². The van der Waals surface area contributed by atoms with Crippen molar-refractivity contribution in [3.8, 4) is 0 Å². The van der Waals surface area contributed by atoms with Crippen molar-refractivity contribution in [1.82, 2.24) is 5.32 Å². The van der Waals surface area contributed by atoms with Gasteiger partial charge in [0.15, 0.2) is 0 Å². The number of nitrogens with one attached hydrogen (secondary N) is 1. The average molecular weight is 284 g/mol. The molecule has 0 heterocycles. The molecule has 1 amide bonds. The van der Waals surface area contributed by atoms with Crippen LogP contribution >= 0.6 is 0 Å². The van der Waals surface area contributed by atoms with E-state index in [2.05, 4.69) is 5.32 Å². The zero-order chi connectivity index (χ0) is 14.7. The second kappa shape index (κ2) is 5.71. The van der Waals surface area contributed by atoms with E-state index in [-0.39, 0.29) is 5.75 Å². The Hall–Kier alpha value is -1.40. The molecule has 1 aromatic rings. The van der Waals surface area contributed by atoms with Crippen LogP contribution in [-0.4, -0.2) is 32.4 Å². The zero-order valence-corrected chi connectivity index (χ0v) is 12.2. The summed E-state index contributed by atoms with van der Waals surface area (Å²) in [6, 6.07) is 8.49. The SMILES string of the molecule is CC(CS(C)(=O)=O)NC(=O)C(C)(N)c1ccccc1. The molecule has 0 saturated heterocycles. The summed E-state index contributed by atoms with van der Waals surface area (Å²) in [5, 5.41) is 2.63. The van der Waals surface area contributed by atoms with Crippen LogP contribution in [0.4, 0.5) is 0 Å². The quantitative estimate of drug-likeness (QED) is 0.819. The van der Waals surface area contributed by atoms with Gasteiger partial charge in [0.1, 0.15) is 15.4 Å². The van der Waals surface area contributed by atoms with Crippen molar-refractivity contribution in [3.05, 3.63) is 35.9 Å². The first-order valence-electron chi connectivity index (χ1n) is 5.96. The smallest absolute Gasteiger partial charge is 0.244 e. The number of carbonyl (C=O) groups excluding carboxylic acids is 1. The van der Waals surface area contributed by atoms with Crippen LogP contribution in [0.15, 0.2) is 30.3 Å². The van der Waals surface area contributed by atoms with Gasteiger partial charge in [0.25, 0.3) is 0 Å². The lowest BCUT2D eigenvalue weighted by atomic mass is 9.92. The molecule has 1 aromatic carbocycles. The first kappa shape index (κ1) is 15.7. The lowest BCUT2D eigenvalue weighted by molar-refractivity contribution is -0.126. The van der Waals surface area contributed by atoms with Gasteiger partial charge in [-0.2, -0.15) is 0 Å². The van der Waals surface area contributed by atoms with Gasteiger partial charge in [-0.1, -0.05) is 30.3 Å². The van der Waals surface area contributed by atoms with Crippen molar-refractivity contribution >= 4 is 15.7 Å². The van der Waals surface area contributed by atoms with E-state index in [1.54, 1.807) is 38.1 Å². The maximum atomic E-state index is 12.1. The molecule has 3 N–H and O–H groups in total. The maximum Gasteiger partial charge on any atom is 0.244 e. The molecule has 106 valence electrons. The Balaban J connectivity index is 2.78. The van der Waals surface area contributed by atoms with Crippen LogP contribution in [0.1, 0.15) is 19.4 Å². The third kappa shape index (κ3) is 4.65. The number of hydrogen-bond donors (Lipinski definition) is 2. The fourth-order valence-electron chi connectivity index (χ4n) is 1.78. The van der Waals surface area contributed by atoms with Gasteiger partial charge in [-0.25, -0.2) is 8.42 Å². The molecule has 19 heavy (non-hydrogen) atoms. The summed E-state index contributed by atoms with van der Waals surface area (Å²) in [6.07, 6.45) is 1.13. The molecule has 0 saturated carbocycles. The third-order valence-electron chi connectivity index (χ3n) is 2.78. The van der Waals surface area contributed by atoms with Crippen molar-refractivity contribution in [2.24, 2.45) is 5.73 Å². The highest BCUT2D eigenvalue weighted by Gasteiger charge is 2.31. The molecule has 2 atom stereocenters. The number of hydrogen-bond acceptors (Lipinski definition) is 4. The summed E-state index contributed by atoms with van der Waals surface area (Å²) in [4.78, 5) is 12.1. The Bertz CT molecular complexity index is 538. The molecule has 1 rings (SSSR count). The number of nitrogens with two attached hydrogens (primary N) is 1. The number of benzene rings is 1. The van der Waals surface area contributed by atoms with Crippen molar-refractivity contribution in [3.63, 3.8) is 0 Å². The predicted octanol–water partition coefficient (Wildman–Crippen LogP) is 0.410. The first-order chi connectivity index (χ1) is 8.63. The largest absolute Gasteiger partial charge is 0.351 e. The van der Waals surface area contributed by atoms with E-state index in [9.17, 15) is 13.2 Å². The number of carbonyl (C=O) groups is 1. The normalized spacial score (nSPS) is 16.4. The van der Waals surface area contributed by atoms with Crippen molar-refractivity contribution in [2.75, 3.05) is 12.0 Å². The van der Waals surface area contributed by atoms with E-state index in [4.69, 9.17) is 5.73 Å². The van der Waals surface area contributed by atoms with E-state index < -0.39 is 27.3 Å². The molecule has 0 radical (unpaired) electrons. The summed E-state index contributed by atoms with van der Waals surface area (Å²) < 4.78 is 22.3. The molecule has 0 aliphatic rings. The van der Waals surface area contributed by atoms with E-state index in [0.29, 0.717) is 5.56 Å². The third-order valence-corrected chi connectivity index (χ3v) is 3.88. The molecule has 2 unspecified atom stereocenters. The van der Waals surface area contributed by atoms with E-state index in [0.717, 1.165) is 6.26 Å². The fraction of sp³-hybridized carbons (Fsp3) is 0.462. The van der Waals surface area contributed by atoms with Crippen LogP contribution in [0.2, 0.25) is 0 Å². The van der Waals surface area contributed by atoms with Crippen LogP contribution in [0, 0.1) is 0 Å². The molecule has 0 aliphatic heterocycles. The van der Waals surface area contributed by atoms with Gasteiger partial charge in [-0.15, -0.1) is 0 Å². The summed E-state index contributed by atoms with van der Waals surface area (Å²) in [5.74, 6) is -0.501. The van der Waals surface area contributed by atoms with Gasteiger partial charge in [0.05, 0.1) is 5.75 Å². The maximum absolute atomic E-state index is 12.1. The minimum atomic E-state index is -3.13. The molecule has 5 nitrogen and oxygen atoms in total. The summed E-state index contributed by atoms with van der Waals surface area (Å²) in [7, 11) is -3.13. The summed E-state index contributed by atoms with van der Waals surface area (Å²) >= 11 is 0. The molecular formula is C13H20N2O3S. The highest BCUT2D eigenvalue weighted by Crippen LogP contribution is 2.17. The van der Waals surface area contributed by atoms with Gasteiger partial charge in [0, 0.05) is 12.3 Å². The van der Waals surface area contributed by atoms with Gasteiger partial charge in [-0.05, 0) is 19.4 Å². The summed E-state index contributed by atoms with van der Waals surface area (Å²) in [5.41, 5.74) is 5.52. The lowest BCUT2D eigenvalue weighted by Gasteiger charge is -2.26. The van der Waals surface area contributed by atoms with Crippen molar-refractivity contribution in [2.45, 2.75) is 25.4 Å². The van der Waals surface area contributed by atoms with Gasteiger partial charge in [-0.3, -0.25) is 4.79 Å².